The average Bonchev–Trinajstić information content (AvgIpc) is 2.49. The third kappa shape index (κ3) is 4.59. The molecule has 0 spiro atoms. The van der Waals surface area contributed by atoms with Crippen LogP contribution in [0, 0.1) is 5.92 Å². The Morgan fingerprint density at radius 2 is 1.71 bits per heavy atom. The minimum Gasteiger partial charge on any atom is -0.354 e. The molecule has 0 aromatic heterocycles. The number of halogens is 3. The maximum absolute atomic E-state index is 12.5. The van der Waals surface area contributed by atoms with Crippen molar-refractivity contribution in [1.82, 2.24) is 10.6 Å². The molecule has 1 aliphatic carbocycles. The first-order chi connectivity index (χ1) is 11.3. The Balaban J connectivity index is 1.73. The molecular formula is C17H19F3N2O2. The lowest BCUT2D eigenvalue weighted by atomic mass is 9.71. The Kier molecular flexibility index (Phi) is 5.64. The zero-order chi connectivity index (χ0) is 17.7. The highest BCUT2D eigenvalue weighted by atomic mass is 19.4. The third-order valence-electron chi connectivity index (χ3n) is 4.13. The molecule has 1 aromatic rings. The van der Waals surface area contributed by atoms with Crippen LogP contribution in [0.15, 0.2) is 36.9 Å². The van der Waals surface area contributed by atoms with E-state index in [1.165, 1.54) is 12.1 Å². The molecule has 2 rings (SSSR count). The molecule has 1 aromatic carbocycles. The van der Waals surface area contributed by atoms with Crippen molar-refractivity contribution in [1.29, 1.82) is 0 Å². The van der Waals surface area contributed by atoms with E-state index in [1.54, 1.807) is 0 Å². The lowest BCUT2D eigenvalue weighted by Gasteiger charge is -2.34. The fourth-order valence-corrected chi connectivity index (χ4v) is 2.64. The Labute approximate surface area is 138 Å². The van der Waals surface area contributed by atoms with Crippen molar-refractivity contribution in [2.75, 3.05) is 13.1 Å². The number of amides is 2. The third-order valence-corrected chi connectivity index (χ3v) is 4.13. The highest BCUT2D eigenvalue weighted by Crippen LogP contribution is 2.42. The highest BCUT2D eigenvalue weighted by molar-refractivity contribution is 5.86. The molecule has 2 amide bonds. The lowest BCUT2D eigenvalue weighted by Crippen LogP contribution is -2.41. The fourth-order valence-electron chi connectivity index (χ4n) is 2.64. The molecule has 1 aliphatic rings. The van der Waals surface area contributed by atoms with E-state index >= 15 is 0 Å². The van der Waals surface area contributed by atoms with E-state index < -0.39 is 11.7 Å². The summed E-state index contributed by atoms with van der Waals surface area (Å²) in [6.45, 7) is 3.98. The van der Waals surface area contributed by atoms with Gasteiger partial charge in [-0.3, -0.25) is 9.59 Å². The predicted octanol–water partition coefficient (Wildman–Crippen LogP) is 2.62. The van der Waals surface area contributed by atoms with E-state index in [4.69, 9.17) is 0 Å². The molecule has 7 heteroatoms. The molecule has 2 N–H and O–H groups in total. The van der Waals surface area contributed by atoms with Crippen molar-refractivity contribution in [3.05, 3.63) is 48.0 Å². The van der Waals surface area contributed by atoms with Gasteiger partial charge < -0.3 is 10.6 Å². The van der Waals surface area contributed by atoms with Crippen LogP contribution in [0.5, 0.6) is 0 Å². The first-order valence-electron chi connectivity index (χ1n) is 7.66. The zero-order valence-corrected chi connectivity index (χ0v) is 13.0. The number of carbonyl (C=O) groups is 2. The monoisotopic (exact) mass is 340 g/mol. The van der Waals surface area contributed by atoms with Crippen LogP contribution in [0.4, 0.5) is 13.2 Å². The van der Waals surface area contributed by atoms with Crippen molar-refractivity contribution in [2.24, 2.45) is 5.92 Å². The Morgan fingerprint density at radius 3 is 2.25 bits per heavy atom. The molecule has 130 valence electrons. The standard InChI is InChI=1S/C17H19F3N2O2/c1-2-15(23)21-7-8-22-16(24)13-9-12(10-13)11-3-5-14(6-4-11)17(18,19)20/h2-6,12-13H,1,7-10H2,(H,21,23)(H,22,24). The van der Waals surface area contributed by atoms with Crippen LogP contribution in [-0.2, 0) is 15.8 Å². The minimum atomic E-state index is -4.33. The van der Waals surface area contributed by atoms with Gasteiger partial charge in [-0.15, -0.1) is 0 Å². The Hall–Kier alpha value is -2.31. The number of nitrogens with one attached hydrogen (secondary N) is 2. The van der Waals surface area contributed by atoms with Crippen molar-refractivity contribution in [3.8, 4) is 0 Å². The van der Waals surface area contributed by atoms with Gasteiger partial charge in [-0.05, 0) is 42.5 Å². The maximum Gasteiger partial charge on any atom is 0.416 e. The molecule has 1 saturated carbocycles. The first-order valence-corrected chi connectivity index (χ1v) is 7.66. The summed E-state index contributed by atoms with van der Waals surface area (Å²) in [4.78, 5) is 22.8. The second-order valence-corrected chi connectivity index (χ2v) is 5.77. The van der Waals surface area contributed by atoms with Gasteiger partial charge in [-0.2, -0.15) is 13.2 Å². The topological polar surface area (TPSA) is 58.2 Å². The van der Waals surface area contributed by atoms with E-state index in [9.17, 15) is 22.8 Å². The summed E-state index contributed by atoms with van der Waals surface area (Å²) in [6.07, 6.45) is -1.93. The normalized spacial score (nSPS) is 20.0. The van der Waals surface area contributed by atoms with Gasteiger partial charge in [0.15, 0.2) is 0 Å². The number of rotatable bonds is 6. The van der Waals surface area contributed by atoms with Gasteiger partial charge in [0.2, 0.25) is 11.8 Å². The number of hydrogen-bond acceptors (Lipinski definition) is 2. The molecule has 0 bridgehead atoms. The van der Waals surface area contributed by atoms with Gasteiger partial charge in [-0.25, -0.2) is 0 Å². The van der Waals surface area contributed by atoms with Crippen LogP contribution in [0.3, 0.4) is 0 Å². The molecule has 4 nitrogen and oxygen atoms in total. The Morgan fingerprint density at radius 1 is 1.12 bits per heavy atom. The number of benzene rings is 1. The van der Waals surface area contributed by atoms with Gasteiger partial charge in [0, 0.05) is 19.0 Å². The SMILES string of the molecule is C=CC(=O)NCCNC(=O)C1CC(c2ccc(C(F)(F)F)cc2)C1. The first kappa shape index (κ1) is 18.0. The molecule has 0 aliphatic heterocycles. The number of hydrogen-bond donors (Lipinski definition) is 2. The number of alkyl halides is 3. The van der Waals surface area contributed by atoms with E-state index in [1.807, 2.05) is 0 Å². The molecule has 24 heavy (non-hydrogen) atoms. The van der Waals surface area contributed by atoms with Crippen LogP contribution >= 0.6 is 0 Å². The highest BCUT2D eigenvalue weighted by Gasteiger charge is 2.36. The molecular weight excluding hydrogens is 321 g/mol. The van der Waals surface area contributed by atoms with Crippen LogP contribution in [0.1, 0.15) is 29.9 Å². The van der Waals surface area contributed by atoms with Gasteiger partial charge in [-0.1, -0.05) is 18.7 Å². The molecule has 0 saturated heterocycles. The molecule has 0 atom stereocenters. The van der Waals surface area contributed by atoms with E-state index in [0.717, 1.165) is 23.8 Å². The van der Waals surface area contributed by atoms with Crippen molar-refractivity contribution < 1.29 is 22.8 Å². The van der Waals surface area contributed by atoms with Crippen LogP contribution < -0.4 is 10.6 Å². The summed E-state index contributed by atoms with van der Waals surface area (Å²) >= 11 is 0. The molecule has 0 unspecified atom stereocenters. The smallest absolute Gasteiger partial charge is 0.354 e. The molecule has 0 radical (unpaired) electrons. The van der Waals surface area contributed by atoms with Crippen molar-refractivity contribution >= 4 is 11.8 Å². The van der Waals surface area contributed by atoms with Gasteiger partial charge in [0.25, 0.3) is 0 Å². The van der Waals surface area contributed by atoms with Gasteiger partial charge in [0.1, 0.15) is 0 Å². The maximum atomic E-state index is 12.5. The summed E-state index contributed by atoms with van der Waals surface area (Å²) in [5.41, 5.74) is 0.159. The predicted molar refractivity (Wildman–Crippen MR) is 83.1 cm³/mol. The van der Waals surface area contributed by atoms with Gasteiger partial charge >= 0.3 is 6.18 Å². The average molecular weight is 340 g/mol. The minimum absolute atomic E-state index is 0.0917. The fraction of sp³-hybridized carbons (Fsp3) is 0.412. The summed E-state index contributed by atoms with van der Waals surface area (Å²) in [6, 6.07) is 5.11. The summed E-state index contributed by atoms with van der Waals surface area (Å²) in [7, 11) is 0. The largest absolute Gasteiger partial charge is 0.416 e. The second-order valence-electron chi connectivity index (χ2n) is 5.77. The van der Waals surface area contributed by atoms with Crippen LogP contribution in [0.2, 0.25) is 0 Å². The van der Waals surface area contributed by atoms with Crippen LogP contribution in [0.25, 0.3) is 0 Å². The Bertz CT molecular complexity index is 605. The molecule has 0 heterocycles. The van der Waals surface area contributed by atoms with Gasteiger partial charge in [0.05, 0.1) is 5.56 Å². The molecule has 1 fully saturated rings. The summed E-state index contributed by atoms with van der Waals surface area (Å²) < 4.78 is 37.6. The van der Waals surface area contributed by atoms with Crippen molar-refractivity contribution in [3.63, 3.8) is 0 Å². The second kappa shape index (κ2) is 7.51. The van der Waals surface area contributed by atoms with E-state index in [0.29, 0.717) is 25.9 Å². The lowest BCUT2D eigenvalue weighted by molar-refractivity contribution is -0.137. The van der Waals surface area contributed by atoms with Crippen LogP contribution in [-0.4, -0.2) is 24.9 Å². The van der Waals surface area contributed by atoms with E-state index in [-0.39, 0.29) is 23.7 Å². The van der Waals surface area contributed by atoms with Crippen molar-refractivity contribution in [2.45, 2.75) is 24.9 Å². The quantitative estimate of drug-likeness (QED) is 0.618. The number of carbonyl (C=O) groups excluding carboxylic acids is 2. The van der Waals surface area contributed by atoms with E-state index in [2.05, 4.69) is 17.2 Å². The summed E-state index contributed by atoms with van der Waals surface area (Å²) in [5, 5.41) is 5.28. The summed E-state index contributed by atoms with van der Waals surface area (Å²) in [5.74, 6) is -0.405. The zero-order valence-electron chi connectivity index (χ0n) is 13.0.